The average Bonchev–Trinajstić information content (AvgIpc) is 3.16. The number of benzene rings is 1. The van der Waals surface area contributed by atoms with Crippen LogP contribution in [0.15, 0.2) is 41.5 Å². The zero-order chi connectivity index (χ0) is 26.6. The second-order valence-corrected chi connectivity index (χ2v) is 12.0. The number of anilines is 1. The van der Waals surface area contributed by atoms with Gasteiger partial charge in [0.05, 0.1) is 23.0 Å². The number of carbonyl (C=O) groups excluding carboxylic acids is 2. The maximum absolute atomic E-state index is 14.5. The van der Waals surface area contributed by atoms with Crippen LogP contribution in [0.5, 0.6) is 0 Å². The Morgan fingerprint density at radius 2 is 1.97 bits per heavy atom. The number of rotatable bonds is 3. The number of aliphatic hydroxyl groups is 3. The molecule has 1 aromatic rings. The monoisotopic (exact) mass is 516 g/mol. The summed E-state index contributed by atoms with van der Waals surface area (Å²) in [6, 6.07) is 4.58. The molecule has 0 aromatic heterocycles. The summed E-state index contributed by atoms with van der Waals surface area (Å²) in [4.78, 5) is 27.7. The van der Waals surface area contributed by atoms with Gasteiger partial charge in [0.2, 0.25) is 0 Å². The molecule has 2 fully saturated rings. The first kappa shape index (κ1) is 25.4. The largest absolute Gasteiger partial charge is 0.451 e. The minimum absolute atomic E-state index is 0.0118. The molecular weight excluding hydrogens is 484 g/mol. The Kier molecular flexibility index (Phi) is 5.40. The summed E-state index contributed by atoms with van der Waals surface area (Å²) in [7, 11) is 0. The summed E-state index contributed by atoms with van der Waals surface area (Å²) in [6.07, 6.45) is 0.603. The highest BCUT2D eigenvalue weighted by atomic mass is 35.5. The van der Waals surface area contributed by atoms with Crippen LogP contribution in [-0.4, -0.2) is 57.0 Å². The fourth-order valence-corrected chi connectivity index (χ4v) is 7.90. The minimum atomic E-state index is -2.28. The summed E-state index contributed by atoms with van der Waals surface area (Å²) in [5, 5.41) is 34.3. The number of aliphatic hydroxyl groups excluding tert-OH is 2. The maximum Gasteiger partial charge on any atom is 0.342 e. The van der Waals surface area contributed by atoms with E-state index < -0.39 is 53.2 Å². The molecule has 8 nitrogen and oxygen atoms in total. The maximum atomic E-state index is 14.5. The van der Waals surface area contributed by atoms with Gasteiger partial charge in [-0.3, -0.25) is 4.79 Å². The van der Waals surface area contributed by atoms with Crippen LogP contribution >= 0.6 is 11.6 Å². The highest BCUT2D eigenvalue weighted by molar-refractivity contribution is 6.34. The van der Waals surface area contributed by atoms with Gasteiger partial charge in [0.25, 0.3) is 0 Å². The number of halogens is 1. The normalized spacial score (nSPS) is 42.4. The molecule has 0 unspecified atom stereocenters. The molecule has 4 aliphatic carbocycles. The molecular formula is C27H33ClN2O6. The Bertz CT molecular complexity index is 1220. The Balaban J connectivity index is 1.67. The fourth-order valence-electron chi connectivity index (χ4n) is 7.64. The topological polar surface area (TPSA) is 156 Å². The van der Waals surface area contributed by atoms with E-state index in [2.05, 4.69) is 0 Å². The fraction of sp³-hybridized carbons (Fsp3) is 0.556. The van der Waals surface area contributed by atoms with Crippen molar-refractivity contribution in [2.45, 2.75) is 57.5 Å². The molecule has 2 bridgehead atoms. The number of Topliss-reactive ketones (excluding diaryl/α,β-unsaturated/α-hetero) is 1. The molecule has 2 saturated carbocycles. The van der Waals surface area contributed by atoms with Gasteiger partial charge in [-0.05, 0) is 53.9 Å². The van der Waals surface area contributed by atoms with E-state index >= 15 is 0 Å². The molecule has 1 spiro atoms. The molecule has 8 atom stereocenters. The lowest BCUT2D eigenvalue weighted by Gasteiger charge is -2.48. The summed E-state index contributed by atoms with van der Waals surface area (Å²) in [5.41, 5.74) is 8.27. The molecule has 36 heavy (non-hydrogen) atoms. The van der Waals surface area contributed by atoms with Crippen LogP contribution in [0.3, 0.4) is 0 Å². The number of nitrogens with two attached hydrogens (primary N) is 2. The van der Waals surface area contributed by atoms with E-state index in [9.17, 15) is 24.9 Å². The summed E-state index contributed by atoms with van der Waals surface area (Å²) < 4.78 is 5.82. The predicted octanol–water partition coefficient (Wildman–Crippen LogP) is 2.00. The molecule has 0 heterocycles. The van der Waals surface area contributed by atoms with Gasteiger partial charge in [-0.1, -0.05) is 50.6 Å². The van der Waals surface area contributed by atoms with Crippen molar-refractivity contribution >= 4 is 29.0 Å². The standard InChI is InChI=1S/C27H33ClN2O6/c1-12-10-25-13(2)8-18-24(3,4)26(18,30)15(21(25)33)9-14(11-31)20(32)27(25,35)22(12)36-23(34)19-16(28)6-5-7-17(19)29/h5-7,9-10,13,15,18,20,22,31-32,35H,8,11,29-30H2,1-4H3/t13-,15-,18+,20-,22+,25+,26-,27+/m1/s1. The summed E-state index contributed by atoms with van der Waals surface area (Å²) in [5.74, 6) is -2.53. The van der Waals surface area contributed by atoms with Crippen molar-refractivity contribution < 1.29 is 29.6 Å². The highest BCUT2D eigenvalue weighted by Gasteiger charge is 2.81. The average molecular weight is 517 g/mol. The Morgan fingerprint density at radius 3 is 2.58 bits per heavy atom. The van der Waals surface area contributed by atoms with E-state index in [0.29, 0.717) is 12.0 Å². The van der Waals surface area contributed by atoms with Crippen LogP contribution in [0.25, 0.3) is 0 Å². The first-order chi connectivity index (χ1) is 16.7. The van der Waals surface area contributed by atoms with Crippen LogP contribution in [0, 0.1) is 28.6 Å². The summed E-state index contributed by atoms with van der Waals surface area (Å²) >= 11 is 6.21. The summed E-state index contributed by atoms with van der Waals surface area (Å²) in [6.45, 7) is 6.94. The Labute approximate surface area is 214 Å². The minimum Gasteiger partial charge on any atom is -0.451 e. The van der Waals surface area contributed by atoms with Crippen LogP contribution in [0.4, 0.5) is 5.69 Å². The third-order valence-electron chi connectivity index (χ3n) is 9.79. The molecule has 1 aromatic carbocycles. The van der Waals surface area contributed by atoms with Gasteiger partial charge in [0, 0.05) is 11.2 Å². The second-order valence-electron chi connectivity index (χ2n) is 11.6. The lowest BCUT2D eigenvalue weighted by atomic mass is 9.58. The Hall–Kier alpha value is -2.23. The van der Waals surface area contributed by atoms with E-state index in [1.54, 1.807) is 19.1 Å². The number of fused-ring (bicyclic) bond motifs is 3. The molecule has 0 radical (unpaired) electrons. The third-order valence-corrected chi connectivity index (χ3v) is 10.1. The van der Waals surface area contributed by atoms with Crippen molar-refractivity contribution in [3.63, 3.8) is 0 Å². The molecule has 0 saturated heterocycles. The third kappa shape index (κ3) is 2.74. The van der Waals surface area contributed by atoms with E-state index in [4.69, 9.17) is 27.8 Å². The van der Waals surface area contributed by atoms with Gasteiger partial charge in [-0.25, -0.2) is 4.79 Å². The van der Waals surface area contributed by atoms with Gasteiger partial charge in [-0.2, -0.15) is 0 Å². The van der Waals surface area contributed by atoms with Crippen molar-refractivity contribution in [2.75, 3.05) is 12.3 Å². The van der Waals surface area contributed by atoms with Gasteiger partial charge < -0.3 is 31.5 Å². The smallest absolute Gasteiger partial charge is 0.342 e. The number of nitrogen functional groups attached to an aromatic ring is 1. The van der Waals surface area contributed by atoms with Crippen LogP contribution in [0.1, 0.15) is 44.5 Å². The number of esters is 1. The van der Waals surface area contributed by atoms with Crippen LogP contribution in [-0.2, 0) is 9.53 Å². The van der Waals surface area contributed by atoms with Crippen molar-refractivity contribution in [3.8, 4) is 0 Å². The molecule has 7 N–H and O–H groups in total. The van der Waals surface area contributed by atoms with Gasteiger partial charge in [-0.15, -0.1) is 0 Å². The van der Waals surface area contributed by atoms with Gasteiger partial charge in [0.1, 0.15) is 11.7 Å². The lowest BCUT2D eigenvalue weighted by molar-refractivity contribution is -0.190. The van der Waals surface area contributed by atoms with Crippen LogP contribution in [0.2, 0.25) is 5.02 Å². The quantitative estimate of drug-likeness (QED) is 0.232. The highest BCUT2D eigenvalue weighted by Crippen LogP contribution is 2.72. The SMILES string of the molecule is CC1=C[C@]23C(=O)[C@@H](C=C(CO)[C@@H](O)[C@]2(O)[C@H]1OC(=O)c1c(N)cccc1Cl)[C@@]1(N)[C@@H](C[C@H]3C)C1(C)C. The van der Waals surface area contributed by atoms with E-state index in [1.165, 1.54) is 18.2 Å². The van der Waals surface area contributed by atoms with Crippen molar-refractivity contribution in [2.24, 2.45) is 34.3 Å². The van der Waals surface area contributed by atoms with Crippen molar-refractivity contribution in [1.29, 1.82) is 0 Å². The molecule has 0 amide bonds. The Morgan fingerprint density at radius 1 is 1.31 bits per heavy atom. The van der Waals surface area contributed by atoms with Gasteiger partial charge >= 0.3 is 5.97 Å². The van der Waals surface area contributed by atoms with Crippen molar-refractivity contribution in [3.05, 3.63) is 52.1 Å². The predicted molar refractivity (Wildman–Crippen MR) is 134 cm³/mol. The van der Waals surface area contributed by atoms with E-state index in [0.717, 1.165) is 0 Å². The number of ether oxygens (including phenoxy) is 1. The molecule has 0 aliphatic heterocycles. The molecule has 4 aliphatic rings. The first-order valence-electron chi connectivity index (χ1n) is 12.2. The van der Waals surface area contributed by atoms with Gasteiger partial charge in [0.15, 0.2) is 17.5 Å². The zero-order valence-electron chi connectivity index (χ0n) is 20.8. The molecule has 194 valence electrons. The second kappa shape index (κ2) is 7.65. The van der Waals surface area contributed by atoms with E-state index in [1.807, 2.05) is 20.8 Å². The number of hydrogen-bond acceptors (Lipinski definition) is 8. The molecule has 9 heteroatoms. The zero-order valence-corrected chi connectivity index (χ0v) is 21.5. The lowest BCUT2D eigenvalue weighted by Crippen LogP contribution is -2.66. The van der Waals surface area contributed by atoms with Crippen LogP contribution < -0.4 is 11.5 Å². The van der Waals surface area contributed by atoms with E-state index in [-0.39, 0.29) is 39.0 Å². The number of carbonyl (C=O) groups is 2. The number of ketones is 1. The van der Waals surface area contributed by atoms with Crippen molar-refractivity contribution in [1.82, 2.24) is 0 Å². The molecule has 5 rings (SSSR count). The number of hydrogen-bond donors (Lipinski definition) is 5. The first-order valence-corrected chi connectivity index (χ1v) is 12.6.